The van der Waals surface area contributed by atoms with E-state index in [0.29, 0.717) is 0 Å². The fourth-order valence-corrected chi connectivity index (χ4v) is 2.61. The van der Waals surface area contributed by atoms with E-state index in [9.17, 15) is 17.6 Å². The Morgan fingerprint density at radius 1 is 1.23 bits per heavy atom. The number of nitrogens with zero attached hydrogens (tertiary/aromatic N) is 2. The van der Waals surface area contributed by atoms with Gasteiger partial charge in [-0.05, 0) is 26.0 Å². The molecule has 0 saturated carbocycles. The van der Waals surface area contributed by atoms with Crippen LogP contribution in [-0.4, -0.2) is 43.3 Å². The van der Waals surface area contributed by atoms with Crippen molar-refractivity contribution < 1.29 is 27.1 Å². The molecule has 1 aromatic heterocycles. The maximum absolute atomic E-state index is 13.7. The van der Waals surface area contributed by atoms with Crippen molar-refractivity contribution in [2.45, 2.75) is 24.6 Å². The molecule has 2 aromatic rings. The molecule has 26 heavy (non-hydrogen) atoms. The number of methoxy groups -OCH3 is 1. The Kier molecular flexibility index (Phi) is 5.52. The van der Waals surface area contributed by atoms with Crippen LogP contribution in [0.4, 0.5) is 4.39 Å². The van der Waals surface area contributed by atoms with Crippen LogP contribution < -0.4 is 4.74 Å². The number of halogens is 2. The van der Waals surface area contributed by atoms with Crippen molar-refractivity contribution in [3.63, 3.8) is 0 Å². The number of aromatic nitrogens is 2. The third kappa shape index (κ3) is 4.47. The first-order chi connectivity index (χ1) is 11.9. The maximum Gasteiger partial charge on any atom is 0.349 e. The molecule has 0 aliphatic carbocycles. The normalized spacial score (nSPS) is 11.9. The van der Waals surface area contributed by atoms with Gasteiger partial charge in [0.05, 0.1) is 17.8 Å². The molecule has 0 aliphatic heterocycles. The van der Waals surface area contributed by atoms with Gasteiger partial charge in [0.2, 0.25) is 21.3 Å². The van der Waals surface area contributed by atoms with Gasteiger partial charge in [-0.25, -0.2) is 22.6 Å². The summed E-state index contributed by atoms with van der Waals surface area (Å²) >= 11 is 5.66. The highest BCUT2D eigenvalue weighted by molar-refractivity contribution is 7.90. The van der Waals surface area contributed by atoms with E-state index < -0.39 is 32.4 Å². The Morgan fingerprint density at radius 3 is 2.42 bits per heavy atom. The average Bonchev–Trinajstić information content (AvgIpc) is 2.55. The topological polar surface area (TPSA) is 95.5 Å². The Hall–Kier alpha value is -2.26. The van der Waals surface area contributed by atoms with Crippen LogP contribution in [-0.2, 0) is 19.4 Å². The zero-order valence-electron chi connectivity index (χ0n) is 14.4. The smallest absolute Gasteiger partial charge is 0.349 e. The summed E-state index contributed by atoms with van der Waals surface area (Å²) < 4.78 is 47.6. The first kappa shape index (κ1) is 20.1. The number of ether oxygens (including phenoxy) is 2. The Morgan fingerprint density at radius 2 is 1.88 bits per heavy atom. The van der Waals surface area contributed by atoms with Crippen LogP contribution >= 0.6 is 11.6 Å². The zero-order chi connectivity index (χ0) is 19.7. The van der Waals surface area contributed by atoms with Crippen LogP contribution in [0.1, 0.15) is 13.8 Å². The fourth-order valence-electron chi connectivity index (χ4n) is 1.97. The highest BCUT2D eigenvalue weighted by Crippen LogP contribution is 2.27. The minimum Gasteiger partial charge on any atom is -0.466 e. The van der Waals surface area contributed by atoms with E-state index in [1.165, 1.54) is 39.2 Å². The fraction of sp³-hybridized carbons (Fsp3) is 0.312. The predicted octanol–water partition coefficient (Wildman–Crippen LogP) is 2.67. The van der Waals surface area contributed by atoms with Crippen molar-refractivity contribution in [2.75, 3.05) is 13.4 Å². The zero-order valence-corrected chi connectivity index (χ0v) is 16.0. The number of sulfone groups is 1. The van der Waals surface area contributed by atoms with Gasteiger partial charge in [-0.15, -0.1) is 0 Å². The van der Waals surface area contributed by atoms with E-state index in [4.69, 9.17) is 16.3 Å². The Labute approximate surface area is 155 Å². The number of benzene rings is 1. The van der Waals surface area contributed by atoms with E-state index in [2.05, 4.69) is 14.7 Å². The number of esters is 1. The first-order valence-corrected chi connectivity index (χ1v) is 9.53. The molecule has 1 heterocycles. The predicted molar refractivity (Wildman–Crippen MR) is 92.3 cm³/mol. The summed E-state index contributed by atoms with van der Waals surface area (Å²) in [5.41, 5.74) is -1.08. The van der Waals surface area contributed by atoms with Crippen LogP contribution in [0.5, 0.6) is 5.88 Å². The lowest BCUT2D eigenvalue weighted by molar-refractivity contribution is -0.156. The van der Waals surface area contributed by atoms with Gasteiger partial charge in [-0.1, -0.05) is 17.7 Å². The second kappa shape index (κ2) is 7.16. The molecule has 10 heteroatoms. The minimum atomic E-state index is -3.79. The Balaban J connectivity index is 2.59. The highest BCUT2D eigenvalue weighted by Gasteiger charge is 2.32. The van der Waals surface area contributed by atoms with Crippen molar-refractivity contribution in [3.8, 4) is 17.1 Å². The summed E-state index contributed by atoms with van der Waals surface area (Å²) in [4.78, 5) is 19.5. The highest BCUT2D eigenvalue weighted by atomic mass is 35.5. The van der Waals surface area contributed by atoms with Crippen LogP contribution in [0.2, 0.25) is 5.02 Å². The second-order valence-electron chi connectivity index (χ2n) is 5.88. The third-order valence-corrected chi connectivity index (χ3v) is 4.42. The number of carbonyl (C=O) groups is 1. The van der Waals surface area contributed by atoms with Gasteiger partial charge < -0.3 is 9.47 Å². The molecule has 0 aliphatic rings. The first-order valence-electron chi connectivity index (χ1n) is 7.26. The lowest BCUT2D eigenvalue weighted by Crippen LogP contribution is -2.39. The molecule has 1 aromatic carbocycles. The van der Waals surface area contributed by atoms with Crippen LogP contribution in [0.15, 0.2) is 29.4 Å². The van der Waals surface area contributed by atoms with E-state index in [0.717, 1.165) is 12.3 Å². The van der Waals surface area contributed by atoms with Gasteiger partial charge in [0.15, 0.2) is 0 Å². The molecule has 2 rings (SSSR count). The molecule has 0 atom stereocenters. The van der Waals surface area contributed by atoms with E-state index in [1.807, 2.05) is 0 Å². The summed E-state index contributed by atoms with van der Waals surface area (Å²) in [7, 11) is -2.60. The SMILES string of the molecule is COC(=O)C(C)(C)Oc1cc(-c2ccc(Cl)c(F)c2)nc(S(C)(=O)=O)n1. The molecule has 0 fully saturated rings. The van der Waals surface area contributed by atoms with Crippen molar-refractivity contribution in [1.29, 1.82) is 0 Å². The lowest BCUT2D eigenvalue weighted by Gasteiger charge is -2.23. The molecular weight excluding hydrogens is 387 g/mol. The van der Waals surface area contributed by atoms with Gasteiger partial charge >= 0.3 is 5.97 Å². The van der Waals surface area contributed by atoms with Gasteiger partial charge in [-0.2, -0.15) is 4.98 Å². The van der Waals surface area contributed by atoms with Crippen LogP contribution in [0.3, 0.4) is 0 Å². The monoisotopic (exact) mass is 402 g/mol. The molecule has 0 spiro atoms. The molecule has 0 radical (unpaired) electrons. The van der Waals surface area contributed by atoms with Crippen LogP contribution in [0.25, 0.3) is 11.3 Å². The summed E-state index contributed by atoms with van der Waals surface area (Å²) in [6.45, 7) is 2.87. The van der Waals surface area contributed by atoms with E-state index in [-0.39, 0.29) is 22.2 Å². The molecule has 0 bridgehead atoms. The molecule has 7 nitrogen and oxygen atoms in total. The summed E-state index contributed by atoms with van der Waals surface area (Å²) in [5.74, 6) is -1.56. The maximum atomic E-state index is 13.7. The van der Waals surface area contributed by atoms with Crippen LogP contribution in [0, 0.1) is 5.82 Å². The molecule has 0 N–H and O–H groups in total. The van der Waals surface area contributed by atoms with Gasteiger partial charge in [0.1, 0.15) is 5.82 Å². The number of carbonyl (C=O) groups excluding carboxylic acids is 1. The summed E-state index contributed by atoms with van der Waals surface area (Å²) in [6.07, 6.45) is 0.920. The van der Waals surface area contributed by atoms with Crippen molar-refractivity contribution in [2.24, 2.45) is 0 Å². The van der Waals surface area contributed by atoms with Gasteiger partial charge in [0, 0.05) is 17.9 Å². The number of rotatable bonds is 5. The molecule has 140 valence electrons. The van der Waals surface area contributed by atoms with Gasteiger partial charge in [0.25, 0.3) is 5.16 Å². The van der Waals surface area contributed by atoms with Crippen molar-refractivity contribution in [3.05, 3.63) is 35.1 Å². The minimum absolute atomic E-state index is 0.0885. The average molecular weight is 403 g/mol. The quantitative estimate of drug-likeness (QED) is 0.560. The molecule has 0 saturated heterocycles. The second-order valence-corrected chi connectivity index (χ2v) is 8.20. The number of hydrogen-bond acceptors (Lipinski definition) is 7. The molecule has 0 unspecified atom stereocenters. The Bertz CT molecular complexity index is 963. The summed E-state index contributed by atoms with van der Waals surface area (Å²) in [5, 5.41) is -0.615. The summed E-state index contributed by atoms with van der Waals surface area (Å²) in [6, 6.07) is 5.18. The largest absolute Gasteiger partial charge is 0.466 e. The molecular formula is C16H16ClFN2O5S. The third-order valence-electron chi connectivity index (χ3n) is 3.27. The van der Waals surface area contributed by atoms with Gasteiger partial charge in [-0.3, -0.25) is 0 Å². The lowest BCUT2D eigenvalue weighted by atomic mass is 10.1. The molecule has 0 amide bonds. The van der Waals surface area contributed by atoms with E-state index >= 15 is 0 Å². The number of hydrogen-bond donors (Lipinski definition) is 0. The standard InChI is InChI=1S/C16H16ClFN2O5S/c1-16(2,14(21)24-3)25-13-8-12(19-15(20-13)26(4,22)23)9-5-6-10(17)11(18)7-9/h5-8H,1-4H3. The van der Waals surface area contributed by atoms with Crippen molar-refractivity contribution >= 4 is 27.4 Å². The van der Waals surface area contributed by atoms with Crippen molar-refractivity contribution in [1.82, 2.24) is 9.97 Å². The van der Waals surface area contributed by atoms with E-state index in [1.54, 1.807) is 0 Å².